The van der Waals surface area contributed by atoms with Gasteiger partial charge in [-0.2, -0.15) is 0 Å². The van der Waals surface area contributed by atoms with Gasteiger partial charge in [-0.1, -0.05) is 48.5 Å². The first-order chi connectivity index (χ1) is 14.2. The zero-order valence-corrected chi connectivity index (χ0v) is 19.0. The Morgan fingerprint density at radius 3 is 2.33 bits per heavy atom. The number of carbonyl (C=O) groups excluding carboxylic acids is 2. The van der Waals surface area contributed by atoms with Crippen LogP contribution in [0.15, 0.2) is 54.6 Å². The second-order valence-electron chi connectivity index (χ2n) is 8.32. The van der Waals surface area contributed by atoms with Crippen molar-refractivity contribution in [1.29, 1.82) is 0 Å². The Morgan fingerprint density at radius 2 is 1.70 bits per heavy atom. The van der Waals surface area contributed by atoms with Crippen molar-refractivity contribution < 1.29 is 14.0 Å². The normalized spacial score (nSPS) is 12.3. The van der Waals surface area contributed by atoms with Crippen molar-refractivity contribution in [2.24, 2.45) is 0 Å². The summed E-state index contributed by atoms with van der Waals surface area (Å²) in [4.78, 5) is 27.3. The number of nitrogens with one attached hydrogen (secondary N) is 1. The quantitative estimate of drug-likeness (QED) is 0.640. The van der Waals surface area contributed by atoms with Crippen LogP contribution in [-0.4, -0.2) is 40.6 Å². The van der Waals surface area contributed by atoms with Gasteiger partial charge in [-0.3, -0.25) is 9.59 Å². The van der Waals surface area contributed by atoms with Crippen LogP contribution in [0, 0.1) is 5.82 Å². The summed E-state index contributed by atoms with van der Waals surface area (Å²) in [6.45, 7) is 7.95. The van der Waals surface area contributed by atoms with Crippen LogP contribution in [0.4, 0.5) is 4.39 Å². The zero-order chi connectivity index (χ0) is 22.1. The Bertz CT molecular complexity index is 837. The van der Waals surface area contributed by atoms with Gasteiger partial charge in [0, 0.05) is 17.8 Å². The minimum absolute atomic E-state index is 0.121. The average molecular weight is 431 g/mol. The van der Waals surface area contributed by atoms with Gasteiger partial charge in [0.05, 0.1) is 5.75 Å². The molecule has 0 spiro atoms. The summed E-state index contributed by atoms with van der Waals surface area (Å²) in [5.41, 5.74) is 1.31. The van der Waals surface area contributed by atoms with Gasteiger partial charge in [0.1, 0.15) is 11.9 Å². The predicted octanol–water partition coefficient (Wildman–Crippen LogP) is 4.43. The van der Waals surface area contributed by atoms with Gasteiger partial charge >= 0.3 is 0 Å². The topological polar surface area (TPSA) is 49.4 Å². The molecule has 0 unspecified atom stereocenters. The van der Waals surface area contributed by atoms with E-state index in [1.54, 1.807) is 30.0 Å². The van der Waals surface area contributed by atoms with Crippen LogP contribution in [0.3, 0.4) is 0 Å². The highest BCUT2D eigenvalue weighted by atomic mass is 32.2. The second kappa shape index (κ2) is 11.2. The van der Waals surface area contributed by atoms with Gasteiger partial charge in [-0.05, 0) is 51.3 Å². The number of amides is 2. The first kappa shape index (κ1) is 23.9. The number of thioether (sulfide) groups is 1. The summed E-state index contributed by atoms with van der Waals surface area (Å²) >= 11 is 1.36. The molecule has 2 rings (SSSR count). The lowest BCUT2D eigenvalue weighted by Gasteiger charge is -2.31. The molecule has 162 valence electrons. The second-order valence-corrected chi connectivity index (χ2v) is 9.31. The Kier molecular flexibility index (Phi) is 8.90. The molecule has 0 aromatic heterocycles. The number of rotatable bonds is 9. The van der Waals surface area contributed by atoms with E-state index in [1.165, 1.54) is 17.8 Å². The number of hydrogen-bond acceptors (Lipinski definition) is 3. The summed E-state index contributed by atoms with van der Waals surface area (Å²) in [5.74, 6) is 0.0344. The third-order valence-corrected chi connectivity index (χ3v) is 5.56. The van der Waals surface area contributed by atoms with Crippen LogP contribution < -0.4 is 5.32 Å². The molecule has 2 aromatic carbocycles. The fourth-order valence-corrected chi connectivity index (χ4v) is 3.89. The number of nitrogens with zero attached hydrogens (tertiary/aromatic N) is 1. The Balaban J connectivity index is 2.03. The molecule has 0 aliphatic rings. The highest BCUT2D eigenvalue weighted by molar-refractivity contribution is 7.99. The molecule has 0 aliphatic carbocycles. The van der Waals surface area contributed by atoms with Crippen molar-refractivity contribution in [1.82, 2.24) is 10.2 Å². The van der Waals surface area contributed by atoms with Crippen molar-refractivity contribution >= 4 is 23.6 Å². The summed E-state index contributed by atoms with van der Waals surface area (Å²) in [5, 5.41) is 2.95. The highest BCUT2D eigenvalue weighted by Gasteiger charge is 2.27. The van der Waals surface area contributed by atoms with Crippen LogP contribution >= 0.6 is 11.8 Å². The molecular formula is C24H31FN2O2S. The van der Waals surface area contributed by atoms with Crippen molar-refractivity contribution in [2.75, 3.05) is 12.3 Å². The number of carbonyl (C=O) groups is 2. The molecule has 0 saturated carbocycles. The van der Waals surface area contributed by atoms with Crippen molar-refractivity contribution in [3.63, 3.8) is 0 Å². The molecule has 1 atom stereocenters. The van der Waals surface area contributed by atoms with E-state index in [-0.39, 0.29) is 28.9 Å². The SMILES string of the molecule is C[C@@H](C(=O)NC(C)(C)C)N(CCc1ccccc1)C(=O)CSCc1ccccc1F. The van der Waals surface area contributed by atoms with E-state index in [4.69, 9.17) is 0 Å². The Labute approximate surface area is 183 Å². The predicted molar refractivity (Wildman–Crippen MR) is 122 cm³/mol. The monoisotopic (exact) mass is 430 g/mol. The maximum atomic E-state index is 13.8. The van der Waals surface area contributed by atoms with E-state index in [9.17, 15) is 14.0 Å². The molecular weight excluding hydrogens is 399 g/mol. The van der Waals surface area contributed by atoms with Gasteiger partial charge in [-0.25, -0.2) is 4.39 Å². The summed E-state index contributed by atoms with van der Waals surface area (Å²) in [7, 11) is 0. The fourth-order valence-electron chi connectivity index (χ4n) is 2.99. The van der Waals surface area contributed by atoms with Crippen LogP contribution in [0.25, 0.3) is 0 Å². The number of halogens is 1. The fraction of sp³-hybridized carbons (Fsp3) is 0.417. The zero-order valence-electron chi connectivity index (χ0n) is 18.2. The van der Waals surface area contributed by atoms with Gasteiger partial charge in [0.15, 0.2) is 0 Å². The summed E-state index contributed by atoms with van der Waals surface area (Å²) < 4.78 is 13.8. The van der Waals surface area contributed by atoms with Crippen LogP contribution in [0.2, 0.25) is 0 Å². The standard InChI is InChI=1S/C24H31FN2O2S/c1-18(23(29)26-24(2,3)4)27(15-14-19-10-6-5-7-11-19)22(28)17-30-16-20-12-8-9-13-21(20)25/h5-13,18H,14-17H2,1-4H3,(H,26,29)/t18-/m0/s1. The van der Waals surface area contributed by atoms with Gasteiger partial charge in [-0.15, -0.1) is 11.8 Å². The van der Waals surface area contributed by atoms with Gasteiger partial charge < -0.3 is 10.2 Å². The van der Waals surface area contributed by atoms with E-state index in [1.807, 2.05) is 51.1 Å². The van der Waals surface area contributed by atoms with E-state index >= 15 is 0 Å². The molecule has 0 radical (unpaired) electrons. The van der Waals surface area contributed by atoms with E-state index in [2.05, 4.69) is 5.32 Å². The first-order valence-corrected chi connectivity index (χ1v) is 11.3. The van der Waals surface area contributed by atoms with Crippen molar-refractivity contribution in [3.8, 4) is 0 Å². The Hall–Kier alpha value is -2.34. The molecule has 0 aliphatic heterocycles. The third kappa shape index (κ3) is 7.82. The van der Waals surface area contributed by atoms with Crippen LogP contribution in [-0.2, 0) is 21.8 Å². The maximum Gasteiger partial charge on any atom is 0.242 e. The number of hydrogen-bond donors (Lipinski definition) is 1. The lowest BCUT2D eigenvalue weighted by molar-refractivity contribution is -0.138. The van der Waals surface area contributed by atoms with Gasteiger partial charge in [0.25, 0.3) is 0 Å². The average Bonchev–Trinajstić information content (AvgIpc) is 2.69. The molecule has 0 fully saturated rings. The van der Waals surface area contributed by atoms with E-state index < -0.39 is 6.04 Å². The summed E-state index contributed by atoms with van der Waals surface area (Å²) in [6, 6.07) is 15.9. The molecule has 1 N–H and O–H groups in total. The lowest BCUT2D eigenvalue weighted by Crippen LogP contribution is -2.53. The van der Waals surface area contributed by atoms with E-state index in [0.717, 1.165) is 5.56 Å². The minimum atomic E-state index is -0.588. The Morgan fingerprint density at radius 1 is 1.07 bits per heavy atom. The molecule has 0 saturated heterocycles. The van der Waals surface area contributed by atoms with Gasteiger partial charge in [0.2, 0.25) is 11.8 Å². The largest absolute Gasteiger partial charge is 0.350 e. The molecule has 4 nitrogen and oxygen atoms in total. The molecule has 0 heterocycles. The number of benzene rings is 2. The van der Waals surface area contributed by atoms with Crippen LogP contribution in [0.5, 0.6) is 0 Å². The van der Waals surface area contributed by atoms with E-state index in [0.29, 0.717) is 24.3 Å². The maximum absolute atomic E-state index is 13.8. The van der Waals surface area contributed by atoms with Crippen LogP contribution in [0.1, 0.15) is 38.8 Å². The molecule has 30 heavy (non-hydrogen) atoms. The third-order valence-electron chi connectivity index (χ3n) is 4.59. The minimum Gasteiger partial charge on any atom is -0.350 e. The smallest absolute Gasteiger partial charge is 0.242 e. The molecule has 2 aromatic rings. The van der Waals surface area contributed by atoms with Crippen molar-refractivity contribution in [2.45, 2.75) is 51.4 Å². The molecule has 2 amide bonds. The van der Waals surface area contributed by atoms with Crippen molar-refractivity contribution in [3.05, 3.63) is 71.5 Å². The highest BCUT2D eigenvalue weighted by Crippen LogP contribution is 2.17. The lowest BCUT2D eigenvalue weighted by atomic mass is 10.1. The molecule has 6 heteroatoms. The molecule has 0 bridgehead atoms. The summed E-state index contributed by atoms with van der Waals surface area (Å²) in [6.07, 6.45) is 0.664. The first-order valence-electron chi connectivity index (χ1n) is 10.1.